The summed E-state index contributed by atoms with van der Waals surface area (Å²) in [5.74, 6) is 0.468. The Balaban J connectivity index is 1.67. The Kier molecular flexibility index (Phi) is 4.78. The Bertz CT molecular complexity index is 1220. The highest BCUT2D eigenvalue weighted by atomic mass is 35.5. The van der Waals surface area contributed by atoms with Crippen LogP contribution in [-0.2, 0) is 0 Å². The van der Waals surface area contributed by atoms with Gasteiger partial charge in [0, 0.05) is 52.8 Å². The van der Waals surface area contributed by atoms with Crippen molar-refractivity contribution in [1.82, 2.24) is 10.2 Å². The molecule has 30 heavy (non-hydrogen) atoms. The van der Waals surface area contributed by atoms with E-state index in [1.165, 1.54) is 11.3 Å². The quantitative estimate of drug-likeness (QED) is 0.601. The summed E-state index contributed by atoms with van der Waals surface area (Å²) in [5, 5.41) is 14.7. The molecule has 0 saturated carbocycles. The number of carbonyl (C=O) groups is 1. The highest BCUT2D eigenvalue weighted by Gasteiger charge is 2.32. The number of ether oxygens (including phenoxy) is 1. The number of nitrogens with two attached hydrogens (primary N) is 1. The lowest BCUT2D eigenvalue weighted by Crippen LogP contribution is -2.54. The number of nitrogen functional groups attached to an aromatic ring is 1. The predicted molar refractivity (Wildman–Crippen MR) is 119 cm³/mol. The van der Waals surface area contributed by atoms with E-state index >= 15 is 0 Å². The molecule has 0 radical (unpaired) electrons. The van der Waals surface area contributed by atoms with E-state index in [-0.39, 0.29) is 11.9 Å². The monoisotopic (exact) mass is 438 g/mol. The van der Waals surface area contributed by atoms with Crippen molar-refractivity contribution >= 4 is 43.9 Å². The number of benzene rings is 2. The number of nitriles is 1. The predicted octanol–water partition coefficient (Wildman–Crippen LogP) is 3.87. The van der Waals surface area contributed by atoms with E-state index in [9.17, 15) is 10.1 Å². The van der Waals surface area contributed by atoms with Crippen molar-refractivity contribution in [2.24, 2.45) is 0 Å². The van der Waals surface area contributed by atoms with Crippen LogP contribution in [0.4, 0.5) is 5.00 Å². The number of carbonyl (C=O) groups excluding carboxylic acids is 1. The zero-order valence-electron chi connectivity index (χ0n) is 16.1. The molecule has 0 unspecified atom stereocenters. The summed E-state index contributed by atoms with van der Waals surface area (Å²) >= 11 is 8.06. The molecule has 1 amide bonds. The van der Waals surface area contributed by atoms with Crippen LogP contribution in [0.3, 0.4) is 0 Å². The van der Waals surface area contributed by atoms with Gasteiger partial charge in [-0.25, -0.2) is 0 Å². The molecular formula is C22H19ClN4O2S. The molecule has 1 fully saturated rings. The van der Waals surface area contributed by atoms with Gasteiger partial charge in [-0.2, -0.15) is 5.26 Å². The number of amides is 1. The molecule has 0 spiro atoms. The highest BCUT2D eigenvalue weighted by Crippen LogP contribution is 2.43. The fourth-order valence-electron chi connectivity index (χ4n) is 4.29. The third kappa shape index (κ3) is 3.00. The second-order valence-corrected chi connectivity index (χ2v) is 8.94. The van der Waals surface area contributed by atoms with E-state index in [0.717, 1.165) is 40.7 Å². The van der Waals surface area contributed by atoms with E-state index in [1.54, 1.807) is 6.07 Å². The molecule has 6 nitrogen and oxygen atoms in total. The minimum Gasteiger partial charge on any atom is -0.493 e. The van der Waals surface area contributed by atoms with Gasteiger partial charge in [0.25, 0.3) is 5.91 Å². The summed E-state index contributed by atoms with van der Waals surface area (Å²) in [6.07, 6.45) is 0.769. The summed E-state index contributed by atoms with van der Waals surface area (Å²) in [4.78, 5) is 15.2. The number of halogens is 1. The fraction of sp³-hybridized carbons (Fsp3) is 0.273. The molecule has 0 bridgehead atoms. The number of nitrogens with one attached hydrogen (secondary N) is 1. The highest BCUT2D eigenvalue weighted by molar-refractivity contribution is 7.23. The van der Waals surface area contributed by atoms with Gasteiger partial charge in [-0.05, 0) is 23.8 Å². The minimum atomic E-state index is -0.0552. The standard InChI is InChI=1S/C22H19ClN4O2S/c23-17-8-15-18(29-7-4-12-11-26-5-6-27(12)22(15)28)9-14(17)13-2-1-3-19-20(13)16(10-24)21(25)30-19/h1-3,8-9,12,26H,4-7,11,25H2/t12-/m0/s1. The van der Waals surface area contributed by atoms with Crippen LogP contribution in [0.25, 0.3) is 21.2 Å². The average molecular weight is 439 g/mol. The van der Waals surface area contributed by atoms with Crippen LogP contribution in [-0.4, -0.2) is 43.1 Å². The molecule has 5 rings (SSSR count). The van der Waals surface area contributed by atoms with E-state index < -0.39 is 0 Å². The first-order valence-electron chi connectivity index (χ1n) is 9.78. The van der Waals surface area contributed by atoms with Gasteiger partial charge < -0.3 is 20.7 Å². The van der Waals surface area contributed by atoms with Crippen LogP contribution < -0.4 is 15.8 Å². The van der Waals surface area contributed by atoms with Gasteiger partial charge in [-0.3, -0.25) is 4.79 Å². The van der Waals surface area contributed by atoms with Crippen molar-refractivity contribution in [3.8, 4) is 22.9 Å². The number of rotatable bonds is 1. The topological polar surface area (TPSA) is 91.4 Å². The second kappa shape index (κ2) is 7.47. The van der Waals surface area contributed by atoms with Crippen molar-refractivity contribution in [1.29, 1.82) is 5.26 Å². The lowest BCUT2D eigenvalue weighted by atomic mass is 9.96. The molecule has 3 heterocycles. The number of hydrogen-bond acceptors (Lipinski definition) is 6. The molecular weight excluding hydrogens is 420 g/mol. The van der Waals surface area contributed by atoms with Crippen molar-refractivity contribution in [2.45, 2.75) is 12.5 Å². The molecule has 3 N–H and O–H groups in total. The Labute approximate surface area is 182 Å². The van der Waals surface area contributed by atoms with Gasteiger partial charge in [0.05, 0.1) is 17.7 Å². The third-order valence-corrected chi connectivity index (χ3v) is 7.06. The first-order chi connectivity index (χ1) is 14.6. The molecule has 0 aliphatic carbocycles. The van der Waals surface area contributed by atoms with E-state index in [1.807, 2.05) is 29.2 Å². The van der Waals surface area contributed by atoms with Crippen LogP contribution in [0.5, 0.6) is 5.75 Å². The zero-order chi connectivity index (χ0) is 20.8. The first-order valence-corrected chi connectivity index (χ1v) is 11.0. The van der Waals surface area contributed by atoms with Crippen molar-refractivity contribution in [3.05, 3.63) is 46.5 Å². The van der Waals surface area contributed by atoms with E-state index in [4.69, 9.17) is 22.1 Å². The van der Waals surface area contributed by atoms with Gasteiger partial charge in [0.15, 0.2) is 0 Å². The summed E-state index contributed by atoms with van der Waals surface area (Å²) in [6, 6.07) is 11.6. The normalized spacial score (nSPS) is 18.7. The molecule has 2 aromatic carbocycles. The maximum Gasteiger partial charge on any atom is 0.258 e. The van der Waals surface area contributed by atoms with Gasteiger partial charge in [-0.15, -0.1) is 11.3 Å². The Hall–Kier alpha value is -2.79. The fourth-order valence-corrected chi connectivity index (χ4v) is 5.51. The molecule has 8 heteroatoms. The average Bonchev–Trinajstić information content (AvgIpc) is 3.08. The summed E-state index contributed by atoms with van der Waals surface area (Å²) in [6.45, 7) is 2.74. The number of thiophene rings is 1. The minimum absolute atomic E-state index is 0.0552. The van der Waals surface area contributed by atoms with E-state index in [2.05, 4.69) is 11.4 Å². The number of anilines is 1. The number of fused-ring (bicyclic) bond motifs is 3. The molecule has 2 aliphatic rings. The smallest absolute Gasteiger partial charge is 0.258 e. The Morgan fingerprint density at radius 3 is 3.00 bits per heavy atom. The van der Waals surface area contributed by atoms with Crippen molar-refractivity contribution < 1.29 is 9.53 Å². The third-order valence-electron chi connectivity index (χ3n) is 5.76. The number of nitrogens with zero attached hydrogens (tertiary/aromatic N) is 2. The lowest BCUT2D eigenvalue weighted by Gasteiger charge is -2.38. The van der Waals surface area contributed by atoms with Crippen LogP contribution in [0, 0.1) is 11.3 Å². The lowest BCUT2D eigenvalue weighted by molar-refractivity contribution is 0.0576. The second-order valence-electron chi connectivity index (χ2n) is 7.45. The maximum atomic E-state index is 13.2. The first kappa shape index (κ1) is 19.2. The Morgan fingerprint density at radius 2 is 2.17 bits per heavy atom. The largest absolute Gasteiger partial charge is 0.493 e. The molecule has 1 atom stereocenters. The summed E-state index contributed by atoms with van der Waals surface area (Å²) < 4.78 is 6.94. The maximum absolute atomic E-state index is 13.2. The summed E-state index contributed by atoms with van der Waals surface area (Å²) in [7, 11) is 0. The van der Waals surface area contributed by atoms with E-state index in [0.29, 0.717) is 40.1 Å². The number of hydrogen-bond donors (Lipinski definition) is 2. The van der Waals surface area contributed by atoms with Gasteiger partial charge in [0.1, 0.15) is 16.8 Å². The van der Waals surface area contributed by atoms with Gasteiger partial charge in [-0.1, -0.05) is 23.7 Å². The van der Waals surface area contributed by atoms with Crippen LogP contribution in [0.1, 0.15) is 22.3 Å². The van der Waals surface area contributed by atoms with Crippen molar-refractivity contribution in [2.75, 3.05) is 32.0 Å². The molecule has 3 aromatic rings. The van der Waals surface area contributed by atoms with Crippen LogP contribution in [0.15, 0.2) is 30.3 Å². The number of piperazine rings is 1. The molecule has 2 aliphatic heterocycles. The van der Waals surface area contributed by atoms with Gasteiger partial charge >= 0.3 is 0 Å². The Morgan fingerprint density at radius 1 is 1.30 bits per heavy atom. The summed E-state index contributed by atoms with van der Waals surface area (Å²) in [5.41, 5.74) is 8.52. The van der Waals surface area contributed by atoms with Crippen molar-refractivity contribution in [3.63, 3.8) is 0 Å². The van der Waals surface area contributed by atoms with Crippen LogP contribution in [0.2, 0.25) is 5.02 Å². The van der Waals surface area contributed by atoms with Crippen LogP contribution >= 0.6 is 22.9 Å². The molecule has 152 valence electrons. The molecule has 1 saturated heterocycles. The SMILES string of the molecule is N#Cc1c(N)sc2cccc(-c3cc4c(cc3Cl)C(=O)N3CCNC[C@@H]3CCO4)c12. The zero-order valence-corrected chi connectivity index (χ0v) is 17.6. The molecule has 1 aromatic heterocycles. The van der Waals surface area contributed by atoms with Gasteiger partial charge in [0.2, 0.25) is 0 Å².